The molecule has 1 fully saturated rings. The van der Waals surface area contributed by atoms with Crippen molar-refractivity contribution in [3.8, 4) is 0 Å². The molecule has 1 aliphatic carbocycles. The number of carbonyl (C=O) groups is 2. The molecule has 2 unspecified atom stereocenters. The molecule has 0 aliphatic heterocycles. The summed E-state index contributed by atoms with van der Waals surface area (Å²) in [4.78, 5) is 22.7. The smallest absolute Gasteiger partial charge is 0.307 e. The van der Waals surface area contributed by atoms with Gasteiger partial charge in [-0.1, -0.05) is 20.8 Å². The van der Waals surface area contributed by atoms with Gasteiger partial charge in [0.15, 0.2) is 0 Å². The van der Waals surface area contributed by atoms with Crippen LogP contribution in [0.15, 0.2) is 0 Å². The molecule has 16 heavy (non-hydrogen) atoms. The van der Waals surface area contributed by atoms with Crippen LogP contribution in [-0.2, 0) is 9.59 Å². The number of carbonyl (C=O) groups excluding carboxylic acids is 1. The minimum absolute atomic E-state index is 0.118. The van der Waals surface area contributed by atoms with E-state index >= 15 is 0 Å². The van der Waals surface area contributed by atoms with Crippen molar-refractivity contribution in [1.82, 2.24) is 5.32 Å². The molecule has 5 heteroatoms. The van der Waals surface area contributed by atoms with Crippen molar-refractivity contribution in [1.29, 1.82) is 0 Å². The SMILES string of the molecule is CC[C@@H](CO)NC(=O)C1C(C(=O)O)C1(C)C. The van der Waals surface area contributed by atoms with E-state index < -0.39 is 23.2 Å². The van der Waals surface area contributed by atoms with E-state index in [1.54, 1.807) is 13.8 Å². The van der Waals surface area contributed by atoms with Crippen molar-refractivity contribution in [3.05, 3.63) is 0 Å². The summed E-state index contributed by atoms with van der Waals surface area (Å²) in [6, 6.07) is -0.279. The first kappa shape index (κ1) is 13.0. The first-order valence-electron chi connectivity index (χ1n) is 5.50. The Morgan fingerprint density at radius 3 is 2.25 bits per heavy atom. The highest BCUT2D eigenvalue weighted by atomic mass is 16.4. The van der Waals surface area contributed by atoms with Gasteiger partial charge in [-0.25, -0.2) is 0 Å². The molecule has 0 heterocycles. The van der Waals surface area contributed by atoms with Gasteiger partial charge in [-0.3, -0.25) is 9.59 Å². The van der Waals surface area contributed by atoms with Crippen molar-refractivity contribution in [3.63, 3.8) is 0 Å². The zero-order chi connectivity index (χ0) is 12.5. The Morgan fingerprint density at radius 1 is 1.38 bits per heavy atom. The Bertz CT molecular complexity index is 296. The maximum Gasteiger partial charge on any atom is 0.307 e. The molecule has 3 atom stereocenters. The molecule has 0 bridgehead atoms. The zero-order valence-electron chi connectivity index (χ0n) is 9.86. The summed E-state index contributed by atoms with van der Waals surface area (Å²) in [5.41, 5.74) is -0.482. The average Bonchev–Trinajstić information content (AvgIpc) is 2.78. The van der Waals surface area contributed by atoms with Gasteiger partial charge in [-0.2, -0.15) is 0 Å². The molecule has 0 spiro atoms. The molecular formula is C11H19NO4. The van der Waals surface area contributed by atoms with Crippen LogP contribution < -0.4 is 5.32 Å². The standard InChI is InChI=1S/C11H19NO4/c1-4-6(5-13)12-9(14)7-8(10(15)16)11(7,2)3/h6-8,13H,4-5H2,1-3H3,(H,12,14)(H,15,16)/t6-,7?,8?/m0/s1. The van der Waals surface area contributed by atoms with Crippen LogP contribution in [-0.4, -0.2) is 34.7 Å². The van der Waals surface area contributed by atoms with Crippen LogP contribution in [0.25, 0.3) is 0 Å². The summed E-state index contributed by atoms with van der Waals surface area (Å²) in [7, 11) is 0. The molecule has 1 aliphatic rings. The monoisotopic (exact) mass is 229 g/mol. The lowest BCUT2D eigenvalue weighted by atomic mass is 10.1. The van der Waals surface area contributed by atoms with Crippen molar-refractivity contribution in [2.45, 2.75) is 33.2 Å². The second kappa shape index (κ2) is 4.41. The van der Waals surface area contributed by atoms with Gasteiger partial charge in [-0.05, 0) is 11.8 Å². The Labute approximate surface area is 94.8 Å². The molecule has 3 N–H and O–H groups in total. The third kappa shape index (κ3) is 2.19. The van der Waals surface area contributed by atoms with Gasteiger partial charge < -0.3 is 15.5 Å². The minimum atomic E-state index is -0.929. The molecule has 92 valence electrons. The average molecular weight is 229 g/mol. The fourth-order valence-corrected chi connectivity index (χ4v) is 2.16. The number of aliphatic carboxylic acids is 1. The maximum absolute atomic E-state index is 11.8. The van der Waals surface area contributed by atoms with Gasteiger partial charge in [-0.15, -0.1) is 0 Å². The summed E-state index contributed by atoms with van der Waals surface area (Å²) in [5.74, 6) is -2.28. The van der Waals surface area contributed by atoms with E-state index in [0.717, 1.165) is 0 Å². The Balaban J connectivity index is 2.60. The number of nitrogens with one attached hydrogen (secondary N) is 1. The van der Waals surface area contributed by atoms with Crippen LogP contribution in [0.5, 0.6) is 0 Å². The molecule has 0 aromatic heterocycles. The van der Waals surface area contributed by atoms with Gasteiger partial charge in [0.2, 0.25) is 5.91 Å². The highest BCUT2D eigenvalue weighted by molar-refractivity contribution is 5.91. The number of hydrogen-bond donors (Lipinski definition) is 3. The second-order valence-electron chi connectivity index (χ2n) is 4.91. The van der Waals surface area contributed by atoms with E-state index in [0.29, 0.717) is 6.42 Å². The number of aliphatic hydroxyl groups is 1. The van der Waals surface area contributed by atoms with E-state index in [4.69, 9.17) is 10.2 Å². The first-order valence-corrected chi connectivity index (χ1v) is 5.50. The highest BCUT2D eigenvalue weighted by Crippen LogP contribution is 2.58. The normalized spacial score (nSPS) is 28.2. The third-order valence-electron chi connectivity index (χ3n) is 3.44. The fourth-order valence-electron chi connectivity index (χ4n) is 2.16. The molecule has 1 amide bonds. The Hall–Kier alpha value is -1.10. The van der Waals surface area contributed by atoms with E-state index in [2.05, 4.69) is 5.32 Å². The van der Waals surface area contributed by atoms with Crippen LogP contribution in [0.1, 0.15) is 27.2 Å². The molecule has 0 aromatic rings. The Kier molecular flexibility index (Phi) is 3.57. The summed E-state index contributed by atoms with van der Waals surface area (Å²) in [6.07, 6.45) is 0.632. The van der Waals surface area contributed by atoms with E-state index in [9.17, 15) is 9.59 Å². The largest absolute Gasteiger partial charge is 0.481 e. The van der Waals surface area contributed by atoms with Crippen LogP contribution in [0, 0.1) is 17.3 Å². The lowest BCUT2D eigenvalue weighted by molar-refractivity contribution is -0.140. The van der Waals surface area contributed by atoms with Crippen LogP contribution in [0.3, 0.4) is 0 Å². The fraction of sp³-hybridized carbons (Fsp3) is 0.818. The van der Waals surface area contributed by atoms with Gasteiger partial charge >= 0.3 is 5.97 Å². The summed E-state index contributed by atoms with van der Waals surface area (Å²) in [5, 5.41) is 20.5. The zero-order valence-corrected chi connectivity index (χ0v) is 9.86. The van der Waals surface area contributed by atoms with Crippen molar-refractivity contribution >= 4 is 11.9 Å². The summed E-state index contributed by atoms with van der Waals surface area (Å²) < 4.78 is 0. The number of carboxylic acids is 1. The quantitative estimate of drug-likeness (QED) is 0.630. The van der Waals surface area contributed by atoms with E-state index in [1.165, 1.54) is 0 Å². The van der Waals surface area contributed by atoms with Crippen molar-refractivity contribution in [2.24, 2.45) is 17.3 Å². The molecule has 5 nitrogen and oxygen atoms in total. The number of aliphatic hydroxyl groups excluding tert-OH is 1. The lowest BCUT2D eigenvalue weighted by Crippen LogP contribution is -2.38. The van der Waals surface area contributed by atoms with Crippen molar-refractivity contribution < 1.29 is 19.8 Å². The van der Waals surface area contributed by atoms with Crippen molar-refractivity contribution in [2.75, 3.05) is 6.61 Å². The molecule has 0 radical (unpaired) electrons. The van der Waals surface area contributed by atoms with E-state index in [1.807, 2.05) is 6.92 Å². The topological polar surface area (TPSA) is 86.6 Å². The molecule has 0 aromatic carbocycles. The molecule has 1 saturated carbocycles. The van der Waals surface area contributed by atoms with E-state index in [-0.39, 0.29) is 18.6 Å². The second-order valence-corrected chi connectivity index (χ2v) is 4.91. The van der Waals surface area contributed by atoms with Crippen LogP contribution in [0.2, 0.25) is 0 Å². The molecule has 1 rings (SSSR count). The number of carboxylic acid groups (broad SMARTS) is 1. The summed E-state index contributed by atoms with van der Waals surface area (Å²) in [6.45, 7) is 5.28. The lowest BCUT2D eigenvalue weighted by Gasteiger charge is -2.14. The van der Waals surface area contributed by atoms with Gasteiger partial charge in [0.25, 0.3) is 0 Å². The minimum Gasteiger partial charge on any atom is -0.481 e. The highest BCUT2D eigenvalue weighted by Gasteiger charge is 2.65. The number of amides is 1. The first-order chi connectivity index (χ1) is 7.36. The maximum atomic E-state index is 11.8. The predicted octanol–water partition coefficient (Wildman–Crippen LogP) is 0.230. The molecular weight excluding hydrogens is 210 g/mol. The Morgan fingerprint density at radius 2 is 1.94 bits per heavy atom. The molecule has 0 saturated heterocycles. The van der Waals surface area contributed by atoms with Crippen LogP contribution in [0.4, 0.5) is 0 Å². The number of hydrogen-bond acceptors (Lipinski definition) is 3. The van der Waals surface area contributed by atoms with Gasteiger partial charge in [0.05, 0.1) is 24.5 Å². The summed E-state index contributed by atoms with van der Waals surface area (Å²) >= 11 is 0. The predicted molar refractivity (Wildman–Crippen MR) is 57.7 cm³/mol. The third-order valence-corrected chi connectivity index (χ3v) is 3.44. The van der Waals surface area contributed by atoms with Gasteiger partial charge in [0, 0.05) is 0 Å². The van der Waals surface area contributed by atoms with Crippen LogP contribution >= 0.6 is 0 Å². The van der Waals surface area contributed by atoms with Gasteiger partial charge in [0.1, 0.15) is 0 Å². The number of rotatable bonds is 5.